The smallest absolute Gasteiger partial charge is 0.0194 e. The molecule has 0 aliphatic heterocycles. The predicted molar refractivity (Wildman–Crippen MR) is 67.7 cm³/mol. The molecule has 3 N–H and O–H groups in total. The van der Waals surface area contributed by atoms with Gasteiger partial charge in [0.15, 0.2) is 0 Å². The summed E-state index contributed by atoms with van der Waals surface area (Å²) >= 11 is 0. The summed E-state index contributed by atoms with van der Waals surface area (Å²) in [4.78, 5) is 0. The van der Waals surface area contributed by atoms with Crippen molar-refractivity contribution in [3.63, 3.8) is 0 Å². The van der Waals surface area contributed by atoms with Crippen LogP contribution in [0.5, 0.6) is 0 Å². The fourth-order valence-corrected chi connectivity index (χ4v) is 1.57. The van der Waals surface area contributed by atoms with E-state index in [1.165, 1.54) is 12.6 Å². The largest absolute Gasteiger partial charge is 0.313 e. The molecule has 0 spiro atoms. The maximum absolute atomic E-state index is 6.83. The van der Waals surface area contributed by atoms with E-state index in [2.05, 4.69) is 31.4 Å². The molecule has 0 rings (SSSR count). The van der Waals surface area contributed by atoms with Crippen LogP contribution in [0.4, 0.5) is 0 Å². The molecule has 0 radical (unpaired) electrons. The second-order valence-corrected chi connectivity index (χ2v) is 4.14. The SMILES string of the molecule is CCNC(CNCC=CC=N)CC(C)C. The maximum atomic E-state index is 6.83. The zero-order valence-corrected chi connectivity index (χ0v) is 10.2. The van der Waals surface area contributed by atoms with Crippen LogP contribution >= 0.6 is 0 Å². The molecule has 0 aliphatic rings. The zero-order chi connectivity index (χ0) is 11.5. The van der Waals surface area contributed by atoms with Gasteiger partial charge in [-0.05, 0) is 25.0 Å². The van der Waals surface area contributed by atoms with Gasteiger partial charge in [0.1, 0.15) is 0 Å². The highest BCUT2D eigenvalue weighted by atomic mass is 15.0. The highest BCUT2D eigenvalue weighted by molar-refractivity contribution is 5.67. The number of nitrogens with one attached hydrogen (secondary N) is 3. The van der Waals surface area contributed by atoms with Crippen LogP contribution in [0.1, 0.15) is 27.2 Å². The van der Waals surface area contributed by atoms with E-state index < -0.39 is 0 Å². The Hall–Kier alpha value is -0.670. The summed E-state index contributed by atoms with van der Waals surface area (Å²) in [7, 11) is 0. The fourth-order valence-electron chi connectivity index (χ4n) is 1.57. The third-order valence-electron chi connectivity index (χ3n) is 2.13. The zero-order valence-electron chi connectivity index (χ0n) is 10.2. The Bertz CT molecular complexity index is 176. The van der Waals surface area contributed by atoms with Gasteiger partial charge in [0.05, 0.1) is 0 Å². The van der Waals surface area contributed by atoms with Gasteiger partial charge in [0.2, 0.25) is 0 Å². The number of hydrogen-bond acceptors (Lipinski definition) is 3. The lowest BCUT2D eigenvalue weighted by atomic mass is 10.0. The fraction of sp³-hybridized carbons (Fsp3) is 0.750. The first-order valence-corrected chi connectivity index (χ1v) is 5.80. The minimum absolute atomic E-state index is 0.559. The van der Waals surface area contributed by atoms with Crippen LogP contribution < -0.4 is 10.6 Å². The van der Waals surface area contributed by atoms with E-state index in [4.69, 9.17) is 5.41 Å². The quantitative estimate of drug-likeness (QED) is 0.402. The van der Waals surface area contributed by atoms with Gasteiger partial charge < -0.3 is 16.0 Å². The van der Waals surface area contributed by atoms with Crippen LogP contribution in [0, 0.1) is 11.3 Å². The molecular weight excluding hydrogens is 186 g/mol. The standard InChI is InChI=1S/C12H25N3/c1-4-15-12(9-11(2)3)10-14-8-6-5-7-13/h5-7,11-15H,4,8-10H2,1-3H3. The molecule has 0 heterocycles. The molecule has 3 heteroatoms. The summed E-state index contributed by atoms with van der Waals surface area (Å²) in [6, 6.07) is 0.559. The van der Waals surface area contributed by atoms with E-state index in [9.17, 15) is 0 Å². The first kappa shape index (κ1) is 14.3. The van der Waals surface area contributed by atoms with Gasteiger partial charge in [-0.25, -0.2) is 0 Å². The van der Waals surface area contributed by atoms with Gasteiger partial charge in [-0.15, -0.1) is 0 Å². The summed E-state index contributed by atoms with van der Waals surface area (Å²) in [6.07, 6.45) is 6.22. The van der Waals surface area contributed by atoms with E-state index in [1.807, 2.05) is 6.08 Å². The van der Waals surface area contributed by atoms with Crippen LogP contribution in [-0.4, -0.2) is 31.9 Å². The van der Waals surface area contributed by atoms with E-state index in [0.29, 0.717) is 6.04 Å². The van der Waals surface area contributed by atoms with Crippen molar-refractivity contribution in [2.24, 2.45) is 5.92 Å². The second kappa shape index (κ2) is 9.87. The van der Waals surface area contributed by atoms with Crippen LogP contribution in [0.25, 0.3) is 0 Å². The third kappa shape index (κ3) is 9.63. The number of hydrogen-bond donors (Lipinski definition) is 3. The summed E-state index contributed by atoms with van der Waals surface area (Å²) in [5, 5.41) is 13.7. The summed E-state index contributed by atoms with van der Waals surface area (Å²) < 4.78 is 0. The van der Waals surface area contributed by atoms with Crippen molar-refractivity contribution in [2.75, 3.05) is 19.6 Å². The molecule has 0 saturated carbocycles. The normalized spacial score (nSPS) is 13.6. The monoisotopic (exact) mass is 211 g/mol. The van der Waals surface area contributed by atoms with Crippen LogP contribution in [0.2, 0.25) is 0 Å². The lowest BCUT2D eigenvalue weighted by Crippen LogP contribution is -2.39. The van der Waals surface area contributed by atoms with E-state index in [1.54, 1.807) is 6.08 Å². The van der Waals surface area contributed by atoms with Gasteiger partial charge in [-0.3, -0.25) is 0 Å². The van der Waals surface area contributed by atoms with Gasteiger partial charge in [-0.2, -0.15) is 0 Å². The number of rotatable bonds is 9. The van der Waals surface area contributed by atoms with Crippen molar-refractivity contribution >= 4 is 6.21 Å². The van der Waals surface area contributed by atoms with E-state index in [-0.39, 0.29) is 0 Å². The molecule has 0 amide bonds. The Morgan fingerprint density at radius 2 is 2.07 bits per heavy atom. The molecule has 88 valence electrons. The van der Waals surface area contributed by atoms with Crippen molar-refractivity contribution in [3.05, 3.63) is 12.2 Å². The van der Waals surface area contributed by atoms with Gasteiger partial charge in [0, 0.05) is 25.3 Å². The Balaban J connectivity index is 3.65. The Morgan fingerprint density at radius 3 is 2.60 bits per heavy atom. The second-order valence-electron chi connectivity index (χ2n) is 4.14. The first-order chi connectivity index (χ1) is 7.20. The summed E-state index contributed by atoms with van der Waals surface area (Å²) in [5.74, 6) is 0.730. The molecule has 0 aromatic rings. The highest BCUT2D eigenvalue weighted by Crippen LogP contribution is 2.03. The van der Waals surface area contributed by atoms with Crippen molar-refractivity contribution in [2.45, 2.75) is 33.2 Å². The van der Waals surface area contributed by atoms with Gasteiger partial charge in [0.25, 0.3) is 0 Å². The molecule has 1 atom stereocenters. The molecule has 0 aromatic heterocycles. The molecule has 0 saturated heterocycles. The van der Waals surface area contributed by atoms with Crippen LogP contribution in [0.15, 0.2) is 12.2 Å². The molecule has 1 unspecified atom stereocenters. The van der Waals surface area contributed by atoms with Crippen molar-refractivity contribution < 1.29 is 0 Å². The summed E-state index contributed by atoms with van der Waals surface area (Å²) in [6.45, 7) is 9.50. The van der Waals surface area contributed by atoms with Crippen molar-refractivity contribution in [1.29, 1.82) is 5.41 Å². The Labute approximate surface area is 93.8 Å². The van der Waals surface area contributed by atoms with Crippen LogP contribution in [-0.2, 0) is 0 Å². The molecule has 3 nitrogen and oxygen atoms in total. The van der Waals surface area contributed by atoms with Gasteiger partial charge >= 0.3 is 0 Å². The predicted octanol–water partition coefficient (Wildman–Crippen LogP) is 1.81. The minimum Gasteiger partial charge on any atom is -0.313 e. The Morgan fingerprint density at radius 1 is 1.33 bits per heavy atom. The highest BCUT2D eigenvalue weighted by Gasteiger charge is 2.07. The maximum Gasteiger partial charge on any atom is 0.0194 e. The number of likely N-dealkylation sites (N-methyl/N-ethyl adjacent to an activating group) is 1. The molecular formula is C12H25N3. The summed E-state index contributed by atoms with van der Waals surface area (Å²) in [5.41, 5.74) is 0. The van der Waals surface area contributed by atoms with Crippen molar-refractivity contribution in [1.82, 2.24) is 10.6 Å². The molecule has 15 heavy (non-hydrogen) atoms. The topological polar surface area (TPSA) is 47.9 Å². The average Bonchev–Trinajstić information content (AvgIpc) is 2.17. The minimum atomic E-state index is 0.559. The molecule has 0 fully saturated rings. The van der Waals surface area contributed by atoms with E-state index >= 15 is 0 Å². The van der Waals surface area contributed by atoms with Gasteiger partial charge in [-0.1, -0.05) is 26.8 Å². The van der Waals surface area contributed by atoms with E-state index in [0.717, 1.165) is 25.6 Å². The first-order valence-electron chi connectivity index (χ1n) is 5.80. The molecule has 0 bridgehead atoms. The lowest BCUT2D eigenvalue weighted by molar-refractivity contribution is 0.410. The average molecular weight is 211 g/mol. The third-order valence-corrected chi connectivity index (χ3v) is 2.13. The van der Waals surface area contributed by atoms with Crippen molar-refractivity contribution in [3.8, 4) is 0 Å². The lowest BCUT2D eigenvalue weighted by Gasteiger charge is -2.20. The van der Waals surface area contributed by atoms with Crippen LogP contribution in [0.3, 0.4) is 0 Å². The molecule has 0 aromatic carbocycles. The molecule has 0 aliphatic carbocycles. The number of allylic oxidation sites excluding steroid dienone is 1. The Kier molecular flexibility index (Phi) is 9.43.